The number of hydrogen-bond donors (Lipinski definition) is 3. The Morgan fingerprint density at radius 1 is 1.39 bits per heavy atom. The molecule has 3 unspecified atom stereocenters. The molecule has 1 saturated carbocycles. The lowest BCUT2D eigenvalue weighted by Crippen LogP contribution is -2.55. The van der Waals surface area contributed by atoms with E-state index < -0.39 is 11.5 Å². The highest BCUT2D eigenvalue weighted by Crippen LogP contribution is 2.29. The van der Waals surface area contributed by atoms with E-state index in [0.717, 1.165) is 18.8 Å². The molecule has 0 aliphatic heterocycles. The molecule has 0 saturated heterocycles. The summed E-state index contributed by atoms with van der Waals surface area (Å²) >= 11 is 0. The van der Waals surface area contributed by atoms with Crippen LogP contribution < -0.4 is 10.6 Å². The van der Waals surface area contributed by atoms with E-state index in [4.69, 9.17) is 5.11 Å². The molecule has 5 nitrogen and oxygen atoms in total. The van der Waals surface area contributed by atoms with Crippen molar-refractivity contribution in [3.05, 3.63) is 0 Å². The fourth-order valence-corrected chi connectivity index (χ4v) is 2.34. The van der Waals surface area contributed by atoms with Crippen molar-refractivity contribution in [2.24, 2.45) is 11.8 Å². The fourth-order valence-electron chi connectivity index (χ4n) is 2.34. The number of rotatable bonds is 5. The van der Waals surface area contributed by atoms with Crippen LogP contribution in [0.1, 0.15) is 46.5 Å². The van der Waals surface area contributed by atoms with E-state index in [1.807, 2.05) is 0 Å². The molecule has 3 atom stereocenters. The quantitative estimate of drug-likeness (QED) is 0.703. The van der Waals surface area contributed by atoms with Crippen LogP contribution >= 0.6 is 0 Å². The van der Waals surface area contributed by atoms with E-state index in [0.29, 0.717) is 18.9 Å². The zero-order valence-corrected chi connectivity index (χ0v) is 11.5. The Morgan fingerprint density at radius 2 is 2.06 bits per heavy atom. The molecule has 104 valence electrons. The second kappa shape index (κ2) is 6.07. The van der Waals surface area contributed by atoms with Gasteiger partial charge < -0.3 is 15.7 Å². The highest BCUT2D eigenvalue weighted by atomic mass is 16.4. The van der Waals surface area contributed by atoms with Crippen LogP contribution in [0.3, 0.4) is 0 Å². The van der Waals surface area contributed by atoms with Gasteiger partial charge in [-0.05, 0) is 38.0 Å². The zero-order valence-electron chi connectivity index (χ0n) is 11.5. The number of hydrogen-bond acceptors (Lipinski definition) is 2. The minimum Gasteiger partial charge on any atom is -0.480 e. The maximum Gasteiger partial charge on any atom is 0.329 e. The molecule has 0 spiro atoms. The molecule has 5 heteroatoms. The van der Waals surface area contributed by atoms with E-state index in [1.54, 1.807) is 6.92 Å². The maximum atomic E-state index is 11.7. The van der Waals surface area contributed by atoms with Crippen molar-refractivity contribution in [1.29, 1.82) is 0 Å². The Hall–Kier alpha value is -1.26. The molecule has 0 aromatic carbocycles. The largest absolute Gasteiger partial charge is 0.480 e. The predicted molar refractivity (Wildman–Crippen MR) is 69.4 cm³/mol. The molecule has 1 aliphatic carbocycles. The number of urea groups is 1. The highest BCUT2D eigenvalue weighted by molar-refractivity contribution is 5.85. The zero-order chi connectivity index (χ0) is 13.8. The predicted octanol–water partition coefficient (Wildman–Crippen LogP) is 1.98. The minimum atomic E-state index is -1.19. The standard InChI is InChI=1S/C13H24N2O3/c1-4-13(3,11(16)17)15-12(18)14-8-10-6-5-9(2)7-10/h9-10H,4-8H2,1-3H3,(H,16,17)(H2,14,15,18). The number of amides is 2. The third-order valence-electron chi connectivity index (χ3n) is 3.92. The molecule has 1 fully saturated rings. The summed E-state index contributed by atoms with van der Waals surface area (Å²) in [6.07, 6.45) is 3.86. The Morgan fingerprint density at radius 3 is 2.50 bits per heavy atom. The van der Waals surface area contributed by atoms with E-state index in [9.17, 15) is 9.59 Å². The van der Waals surface area contributed by atoms with Crippen molar-refractivity contribution in [2.45, 2.75) is 52.0 Å². The summed E-state index contributed by atoms with van der Waals surface area (Å²) in [5.41, 5.74) is -1.19. The minimum absolute atomic E-state index is 0.357. The molecular weight excluding hydrogens is 232 g/mol. The molecule has 18 heavy (non-hydrogen) atoms. The second-order valence-corrected chi connectivity index (χ2v) is 5.61. The highest BCUT2D eigenvalue weighted by Gasteiger charge is 2.33. The van der Waals surface area contributed by atoms with Gasteiger partial charge >= 0.3 is 12.0 Å². The summed E-state index contributed by atoms with van der Waals surface area (Å²) in [4.78, 5) is 22.7. The van der Waals surface area contributed by atoms with Crippen molar-refractivity contribution in [2.75, 3.05) is 6.54 Å². The van der Waals surface area contributed by atoms with Crippen LogP contribution in [0.25, 0.3) is 0 Å². The third-order valence-corrected chi connectivity index (χ3v) is 3.92. The summed E-state index contributed by atoms with van der Waals surface area (Å²) in [6, 6.07) is -0.388. The normalized spacial score (nSPS) is 26.4. The van der Waals surface area contributed by atoms with Crippen LogP contribution in [0.2, 0.25) is 0 Å². The van der Waals surface area contributed by atoms with E-state index in [2.05, 4.69) is 17.6 Å². The van der Waals surface area contributed by atoms with Crippen molar-refractivity contribution >= 4 is 12.0 Å². The van der Waals surface area contributed by atoms with Gasteiger partial charge in [0, 0.05) is 6.54 Å². The van der Waals surface area contributed by atoms with Crippen LogP contribution in [0.5, 0.6) is 0 Å². The molecule has 0 bridgehead atoms. The van der Waals surface area contributed by atoms with Gasteiger partial charge in [-0.15, -0.1) is 0 Å². The van der Waals surface area contributed by atoms with Crippen molar-refractivity contribution in [1.82, 2.24) is 10.6 Å². The first-order chi connectivity index (χ1) is 8.37. The van der Waals surface area contributed by atoms with E-state index >= 15 is 0 Å². The Kier molecular flexibility index (Phi) is 4.99. The Balaban J connectivity index is 2.35. The smallest absolute Gasteiger partial charge is 0.329 e. The molecular formula is C13H24N2O3. The second-order valence-electron chi connectivity index (χ2n) is 5.61. The van der Waals surface area contributed by atoms with Crippen LogP contribution in [0.15, 0.2) is 0 Å². The van der Waals surface area contributed by atoms with Gasteiger partial charge in [-0.2, -0.15) is 0 Å². The first-order valence-electron chi connectivity index (χ1n) is 6.66. The number of aliphatic carboxylic acids is 1. The average molecular weight is 256 g/mol. The summed E-state index contributed by atoms with van der Waals surface area (Å²) in [7, 11) is 0. The lowest BCUT2D eigenvalue weighted by molar-refractivity contribution is -0.143. The molecule has 1 aliphatic rings. The maximum absolute atomic E-state index is 11.7. The summed E-state index contributed by atoms with van der Waals surface area (Å²) in [5, 5.41) is 14.4. The lowest BCUT2D eigenvalue weighted by atomic mass is 10.00. The van der Waals surface area contributed by atoms with Gasteiger partial charge in [-0.25, -0.2) is 9.59 Å². The first kappa shape index (κ1) is 14.8. The summed E-state index contributed by atoms with van der Waals surface area (Å²) < 4.78 is 0. The van der Waals surface area contributed by atoms with Gasteiger partial charge in [-0.3, -0.25) is 0 Å². The van der Waals surface area contributed by atoms with Crippen LogP contribution in [0.4, 0.5) is 4.79 Å². The van der Waals surface area contributed by atoms with Gasteiger partial charge in [0.05, 0.1) is 0 Å². The first-order valence-corrected chi connectivity index (χ1v) is 6.66. The van der Waals surface area contributed by atoms with Gasteiger partial charge in [0.15, 0.2) is 0 Å². The Labute approximate surface area is 108 Å². The van der Waals surface area contributed by atoms with Gasteiger partial charge in [0.25, 0.3) is 0 Å². The molecule has 0 heterocycles. The van der Waals surface area contributed by atoms with Crippen LogP contribution in [-0.2, 0) is 4.79 Å². The summed E-state index contributed by atoms with van der Waals surface area (Å²) in [6.45, 7) is 6.12. The van der Waals surface area contributed by atoms with Crippen molar-refractivity contribution in [3.8, 4) is 0 Å². The number of carbonyl (C=O) groups is 2. The molecule has 0 aromatic rings. The monoisotopic (exact) mass is 256 g/mol. The lowest BCUT2D eigenvalue weighted by Gasteiger charge is -2.25. The van der Waals surface area contributed by atoms with Crippen LogP contribution in [-0.4, -0.2) is 29.2 Å². The number of carbonyl (C=O) groups excluding carboxylic acids is 1. The Bertz CT molecular complexity index is 319. The molecule has 0 aromatic heterocycles. The van der Waals surface area contributed by atoms with Gasteiger partial charge in [0.1, 0.15) is 5.54 Å². The van der Waals surface area contributed by atoms with Crippen molar-refractivity contribution in [3.63, 3.8) is 0 Å². The van der Waals surface area contributed by atoms with Crippen molar-refractivity contribution < 1.29 is 14.7 Å². The molecule has 3 N–H and O–H groups in total. The summed E-state index contributed by atoms with van der Waals surface area (Å²) in [5.74, 6) is 0.262. The molecule has 2 amide bonds. The van der Waals surface area contributed by atoms with E-state index in [1.165, 1.54) is 13.3 Å². The van der Waals surface area contributed by atoms with Crippen LogP contribution in [0, 0.1) is 11.8 Å². The third kappa shape index (κ3) is 3.89. The number of carboxylic acid groups (broad SMARTS) is 1. The van der Waals surface area contributed by atoms with Gasteiger partial charge in [0.2, 0.25) is 0 Å². The average Bonchev–Trinajstić information content (AvgIpc) is 2.72. The SMILES string of the molecule is CCC(C)(NC(=O)NCC1CCC(C)C1)C(=O)O. The topological polar surface area (TPSA) is 78.4 Å². The van der Waals surface area contributed by atoms with E-state index in [-0.39, 0.29) is 6.03 Å². The molecule has 1 rings (SSSR count). The molecule has 0 radical (unpaired) electrons. The number of nitrogens with one attached hydrogen (secondary N) is 2. The van der Waals surface area contributed by atoms with Gasteiger partial charge in [-0.1, -0.05) is 20.3 Å². The number of carboxylic acids is 1. The fraction of sp³-hybridized carbons (Fsp3) is 0.846.